The van der Waals surface area contributed by atoms with Crippen molar-refractivity contribution in [1.29, 1.82) is 0 Å². The Morgan fingerprint density at radius 3 is 2.13 bits per heavy atom. The standard InChI is InChI=1S/C35H41N3O6S/c1-5-44-27-15-11-23(12-16-27)36-18-6-8-28-29(32(36)40)30-33(41)38(25(21-39)20-22(2)3)31-34(42)37(19-7-17-35(30,31)45-28)24-9-13-26(43-4)14-10-24/h6-17,22,25,28-31,39H,5,18-21H2,1-4H3/t25-,28-,29+,30+,31?,35+/m1/s1. The second-order valence-corrected chi connectivity index (χ2v) is 13.9. The fourth-order valence-corrected chi connectivity index (χ4v) is 9.40. The van der Waals surface area contributed by atoms with Crippen molar-refractivity contribution in [3.63, 3.8) is 0 Å². The Labute approximate surface area is 268 Å². The number of hydrogen-bond acceptors (Lipinski definition) is 7. The predicted molar refractivity (Wildman–Crippen MR) is 176 cm³/mol. The largest absolute Gasteiger partial charge is 0.497 e. The first-order valence-corrected chi connectivity index (χ1v) is 16.6. The zero-order valence-electron chi connectivity index (χ0n) is 26.2. The number of thioether (sulfide) groups is 1. The summed E-state index contributed by atoms with van der Waals surface area (Å²) in [6.07, 6.45) is 8.52. The molecule has 4 heterocycles. The molecule has 0 saturated carbocycles. The molecule has 0 aliphatic carbocycles. The number of amides is 3. The summed E-state index contributed by atoms with van der Waals surface area (Å²) in [6.45, 7) is 6.98. The minimum Gasteiger partial charge on any atom is -0.497 e. The van der Waals surface area contributed by atoms with Gasteiger partial charge >= 0.3 is 0 Å². The molecule has 2 fully saturated rings. The summed E-state index contributed by atoms with van der Waals surface area (Å²) in [6, 6.07) is 13.3. The molecule has 2 saturated heterocycles. The highest BCUT2D eigenvalue weighted by atomic mass is 32.2. The molecule has 6 rings (SSSR count). The van der Waals surface area contributed by atoms with Gasteiger partial charge in [-0.2, -0.15) is 0 Å². The maximum Gasteiger partial charge on any atom is 0.251 e. The van der Waals surface area contributed by atoms with Crippen LogP contribution in [0.5, 0.6) is 11.5 Å². The average molecular weight is 632 g/mol. The molecule has 6 atom stereocenters. The van der Waals surface area contributed by atoms with E-state index in [9.17, 15) is 19.5 Å². The van der Waals surface area contributed by atoms with E-state index in [0.29, 0.717) is 37.6 Å². The van der Waals surface area contributed by atoms with E-state index in [1.165, 1.54) is 0 Å². The van der Waals surface area contributed by atoms with E-state index in [-0.39, 0.29) is 35.5 Å². The molecular weight excluding hydrogens is 590 g/mol. The third-order valence-electron chi connectivity index (χ3n) is 9.29. The van der Waals surface area contributed by atoms with Crippen LogP contribution < -0.4 is 19.3 Å². The zero-order valence-corrected chi connectivity index (χ0v) is 27.0. The van der Waals surface area contributed by atoms with Crippen molar-refractivity contribution < 1.29 is 29.0 Å². The van der Waals surface area contributed by atoms with Gasteiger partial charge in [-0.15, -0.1) is 11.8 Å². The summed E-state index contributed by atoms with van der Waals surface area (Å²) in [5, 5.41) is 10.3. The number of aliphatic hydroxyl groups excluding tert-OH is 1. The molecule has 4 aliphatic rings. The van der Waals surface area contributed by atoms with Gasteiger partial charge in [0.2, 0.25) is 11.8 Å². The molecule has 4 aliphatic heterocycles. The number of likely N-dealkylation sites (tertiary alicyclic amines) is 1. The van der Waals surface area contributed by atoms with Crippen LogP contribution in [-0.2, 0) is 14.4 Å². The van der Waals surface area contributed by atoms with Gasteiger partial charge in [-0.3, -0.25) is 14.4 Å². The molecule has 45 heavy (non-hydrogen) atoms. The van der Waals surface area contributed by atoms with E-state index in [0.717, 1.165) is 11.4 Å². The highest BCUT2D eigenvalue weighted by Gasteiger charge is 2.71. The number of rotatable bonds is 9. The summed E-state index contributed by atoms with van der Waals surface area (Å²) in [5.74, 6) is -0.467. The first kappa shape index (κ1) is 31.2. The van der Waals surface area contributed by atoms with Crippen LogP contribution in [0.3, 0.4) is 0 Å². The Morgan fingerprint density at radius 1 is 0.911 bits per heavy atom. The molecule has 2 aromatic carbocycles. The Bertz CT molecular complexity index is 1490. The molecular formula is C35H41N3O6S. The number of carbonyl (C=O) groups is 3. The maximum absolute atomic E-state index is 14.8. The smallest absolute Gasteiger partial charge is 0.251 e. The van der Waals surface area contributed by atoms with Crippen LogP contribution in [-0.4, -0.2) is 83.2 Å². The first-order chi connectivity index (χ1) is 21.7. The predicted octanol–water partition coefficient (Wildman–Crippen LogP) is 4.30. The molecule has 1 spiro atoms. The van der Waals surface area contributed by atoms with Crippen molar-refractivity contribution in [1.82, 2.24) is 4.90 Å². The van der Waals surface area contributed by atoms with Gasteiger partial charge in [0.05, 0.1) is 42.9 Å². The highest BCUT2D eigenvalue weighted by Crippen LogP contribution is 2.61. The zero-order chi connectivity index (χ0) is 31.9. The lowest BCUT2D eigenvalue weighted by Crippen LogP contribution is -2.57. The van der Waals surface area contributed by atoms with Crippen molar-refractivity contribution in [2.75, 3.05) is 43.2 Å². The molecule has 10 heteroatoms. The Morgan fingerprint density at radius 2 is 1.53 bits per heavy atom. The van der Waals surface area contributed by atoms with E-state index in [1.54, 1.807) is 33.6 Å². The van der Waals surface area contributed by atoms with Crippen LogP contribution in [0.2, 0.25) is 0 Å². The minimum absolute atomic E-state index is 0.140. The molecule has 9 nitrogen and oxygen atoms in total. The van der Waals surface area contributed by atoms with Crippen LogP contribution in [0, 0.1) is 17.8 Å². The van der Waals surface area contributed by atoms with Gasteiger partial charge in [0.25, 0.3) is 5.91 Å². The van der Waals surface area contributed by atoms with Crippen molar-refractivity contribution >= 4 is 40.9 Å². The molecule has 0 radical (unpaired) electrons. The molecule has 3 amide bonds. The van der Waals surface area contributed by atoms with Crippen molar-refractivity contribution in [2.24, 2.45) is 17.8 Å². The molecule has 0 bridgehead atoms. The summed E-state index contributed by atoms with van der Waals surface area (Å²) in [5.41, 5.74) is 1.42. The maximum atomic E-state index is 14.8. The van der Waals surface area contributed by atoms with Crippen molar-refractivity contribution in [3.05, 3.63) is 72.8 Å². The summed E-state index contributed by atoms with van der Waals surface area (Å²) < 4.78 is 9.96. The molecule has 0 aromatic heterocycles. The van der Waals surface area contributed by atoms with E-state index in [4.69, 9.17) is 9.47 Å². The normalized spacial score (nSPS) is 28.1. The highest BCUT2D eigenvalue weighted by molar-refractivity contribution is 8.02. The number of fused-ring (bicyclic) bond motifs is 2. The number of anilines is 2. The van der Waals surface area contributed by atoms with Crippen LogP contribution in [0.4, 0.5) is 11.4 Å². The number of aliphatic hydroxyl groups is 1. The number of methoxy groups -OCH3 is 1. The van der Waals surface area contributed by atoms with Crippen LogP contribution in [0.15, 0.2) is 72.8 Å². The Balaban J connectivity index is 1.42. The third-order valence-corrected chi connectivity index (χ3v) is 11.0. The molecule has 1 N–H and O–H groups in total. The van der Waals surface area contributed by atoms with Gasteiger partial charge in [0.1, 0.15) is 17.5 Å². The number of nitrogens with zero attached hydrogens (tertiary/aromatic N) is 3. The number of benzene rings is 2. The van der Waals surface area contributed by atoms with Gasteiger partial charge in [-0.05, 0) is 67.8 Å². The lowest BCUT2D eigenvalue weighted by Gasteiger charge is -2.39. The Kier molecular flexibility index (Phi) is 8.72. The minimum atomic E-state index is -0.975. The summed E-state index contributed by atoms with van der Waals surface area (Å²) >= 11 is 1.54. The number of hydrogen-bond donors (Lipinski definition) is 1. The van der Waals surface area contributed by atoms with Crippen molar-refractivity contribution in [2.45, 2.75) is 49.3 Å². The quantitative estimate of drug-likeness (QED) is 0.412. The van der Waals surface area contributed by atoms with Gasteiger partial charge < -0.3 is 29.3 Å². The Hall–Kier alpha value is -3.76. The van der Waals surface area contributed by atoms with Gasteiger partial charge in [-0.25, -0.2) is 0 Å². The second-order valence-electron chi connectivity index (χ2n) is 12.4. The number of ether oxygens (including phenoxy) is 2. The van der Waals surface area contributed by atoms with E-state index in [2.05, 4.69) is 0 Å². The number of carbonyl (C=O) groups excluding carboxylic acids is 3. The van der Waals surface area contributed by atoms with Crippen LogP contribution in [0.1, 0.15) is 27.2 Å². The molecule has 1 unspecified atom stereocenters. The lowest BCUT2D eigenvalue weighted by atomic mass is 9.78. The summed E-state index contributed by atoms with van der Waals surface area (Å²) in [7, 11) is 1.59. The van der Waals surface area contributed by atoms with E-state index in [1.807, 2.05) is 93.6 Å². The SMILES string of the molecule is CCOc1ccc(N2CC=C[C@H]3S[C@]45C=CCN(c6ccc(OC)cc6)C(=O)C4N([C@@H](CO)CC(C)C)C(=O)[C@@H]5[C@H]3C2=O)cc1. The van der Waals surface area contributed by atoms with Gasteiger partial charge in [-0.1, -0.05) is 38.2 Å². The van der Waals surface area contributed by atoms with E-state index >= 15 is 0 Å². The van der Waals surface area contributed by atoms with Gasteiger partial charge in [0.15, 0.2) is 0 Å². The second kappa shape index (κ2) is 12.6. The fourth-order valence-electron chi connectivity index (χ4n) is 7.40. The lowest BCUT2D eigenvalue weighted by molar-refractivity contribution is -0.142. The monoisotopic (exact) mass is 631 g/mol. The third kappa shape index (κ3) is 5.31. The van der Waals surface area contributed by atoms with Crippen LogP contribution >= 0.6 is 11.8 Å². The van der Waals surface area contributed by atoms with E-state index < -0.39 is 28.7 Å². The molecule has 2 aromatic rings. The van der Waals surface area contributed by atoms with Crippen molar-refractivity contribution in [3.8, 4) is 11.5 Å². The average Bonchev–Trinajstić information content (AvgIpc) is 3.36. The summed E-state index contributed by atoms with van der Waals surface area (Å²) in [4.78, 5) is 49.1. The molecule has 238 valence electrons. The fraction of sp³-hybridized carbons (Fsp3) is 0.457. The topological polar surface area (TPSA) is 99.6 Å². The van der Waals surface area contributed by atoms with Crippen LogP contribution in [0.25, 0.3) is 0 Å². The van der Waals surface area contributed by atoms with Gasteiger partial charge in [0, 0.05) is 29.7 Å². The first-order valence-electron chi connectivity index (χ1n) is 15.7.